The first-order chi connectivity index (χ1) is 5.34. The Hall–Kier alpha value is -1.12. The molecule has 1 aliphatic rings. The fourth-order valence-electron chi connectivity index (χ4n) is 0.777. The van der Waals surface area contributed by atoms with Crippen LogP contribution >= 0.6 is 0 Å². The summed E-state index contributed by atoms with van der Waals surface area (Å²) in [6.45, 7) is 1.96. The Labute approximate surface area is 65.4 Å². The third-order valence-electron chi connectivity index (χ3n) is 1.55. The van der Waals surface area contributed by atoms with E-state index in [9.17, 15) is 0 Å². The highest BCUT2D eigenvalue weighted by Gasteiger charge is 2.24. The molecule has 1 fully saturated rings. The molecule has 0 radical (unpaired) electrons. The average molecular weight is 150 g/mol. The van der Waals surface area contributed by atoms with Gasteiger partial charge in [-0.05, 0) is 25.3 Å². The maximum absolute atomic E-state index is 5.36. The van der Waals surface area contributed by atoms with Gasteiger partial charge in [-0.1, -0.05) is 0 Å². The van der Waals surface area contributed by atoms with E-state index in [2.05, 4.69) is 9.97 Å². The molecule has 1 aromatic rings. The minimum Gasteiger partial charge on any atom is -0.460 e. The predicted octanol–water partition coefficient (Wildman–Crippen LogP) is 1.33. The number of aromatic nitrogens is 2. The Morgan fingerprint density at radius 3 is 2.55 bits per heavy atom. The molecule has 0 bridgehead atoms. The molecule has 0 N–H and O–H groups in total. The van der Waals surface area contributed by atoms with Gasteiger partial charge in [0, 0.05) is 12.4 Å². The van der Waals surface area contributed by atoms with Crippen molar-refractivity contribution in [2.45, 2.75) is 25.9 Å². The lowest BCUT2D eigenvalue weighted by Gasteiger charge is -1.99. The number of ether oxygens (including phenoxy) is 1. The molecule has 0 unspecified atom stereocenters. The second-order valence-corrected chi connectivity index (χ2v) is 2.86. The van der Waals surface area contributed by atoms with Gasteiger partial charge in [0.25, 0.3) is 0 Å². The summed E-state index contributed by atoms with van der Waals surface area (Å²) in [5.74, 6) is 0. The number of hydrogen-bond donors (Lipinski definition) is 0. The molecule has 0 aliphatic heterocycles. The molecule has 11 heavy (non-hydrogen) atoms. The van der Waals surface area contributed by atoms with Crippen molar-refractivity contribution in [3.05, 3.63) is 18.0 Å². The molecule has 3 nitrogen and oxygen atoms in total. The van der Waals surface area contributed by atoms with E-state index in [-0.39, 0.29) is 0 Å². The highest BCUT2D eigenvalue weighted by atomic mass is 16.5. The predicted molar refractivity (Wildman–Crippen MR) is 40.4 cm³/mol. The molecule has 0 spiro atoms. The van der Waals surface area contributed by atoms with Crippen LogP contribution in [0.1, 0.15) is 18.4 Å². The first-order valence-corrected chi connectivity index (χ1v) is 3.80. The van der Waals surface area contributed by atoms with Crippen LogP contribution in [0.15, 0.2) is 12.4 Å². The summed E-state index contributed by atoms with van der Waals surface area (Å²) in [5, 5.41) is 0. The van der Waals surface area contributed by atoms with Gasteiger partial charge in [0.2, 0.25) is 0 Å². The second-order valence-electron chi connectivity index (χ2n) is 2.86. The Morgan fingerprint density at radius 1 is 1.36 bits per heavy atom. The van der Waals surface area contributed by atoms with Gasteiger partial charge in [-0.2, -0.15) is 0 Å². The topological polar surface area (TPSA) is 35.0 Å². The number of rotatable bonds is 2. The van der Waals surface area contributed by atoms with E-state index in [1.165, 1.54) is 0 Å². The molecule has 58 valence electrons. The van der Waals surface area contributed by atoms with Gasteiger partial charge in [-0.3, -0.25) is 0 Å². The van der Waals surface area contributed by atoms with Crippen LogP contribution in [0.4, 0.5) is 0 Å². The van der Waals surface area contributed by atoms with Crippen LogP contribution in [0.5, 0.6) is 6.01 Å². The highest BCUT2D eigenvalue weighted by Crippen LogP contribution is 2.23. The zero-order valence-corrected chi connectivity index (χ0v) is 6.45. The fourth-order valence-corrected chi connectivity index (χ4v) is 0.777. The standard InChI is InChI=1S/C8H10N2O/c1-6-4-9-8(10-5-6)11-7-2-3-7/h4-5,7H,2-3H2,1H3. The molecule has 2 rings (SSSR count). The summed E-state index contributed by atoms with van der Waals surface area (Å²) in [4.78, 5) is 8.05. The van der Waals surface area contributed by atoms with Crippen molar-refractivity contribution >= 4 is 0 Å². The van der Waals surface area contributed by atoms with Crippen molar-refractivity contribution < 1.29 is 4.74 Å². The van der Waals surface area contributed by atoms with Crippen LogP contribution < -0.4 is 4.74 Å². The summed E-state index contributed by atoms with van der Waals surface area (Å²) >= 11 is 0. The monoisotopic (exact) mass is 150 g/mol. The molecule has 0 aromatic carbocycles. The summed E-state index contributed by atoms with van der Waals surface area (Å²) in [7, 11) is 0. The minimum absolute atomic E-state index is 0.387. The van der Waals surface area contributed by atoms with Crippen molar-refractivity contribution in [3.8, 4) is 6.01 Å². The van der Waals surface area contributed by atoms with Crippen molar-refractivity contribution in [2.75, 3.05) is 0 Å². The van der Waals surface area contributed by atoms with Crippen molar-refractivity contribution in [1.82, 2.24) is 9.97 Å². The van der Waals surface area contributed by atoms with Gasteiger partial charge in [-0.25, -0.2) is 9.97 Å². The lowest BCUT2D eigenvalue weighted by atomic mass is 10.4. The SMILES string of the molecule is Cc1cnc(OC2CC2)nc1. The molecule has 0 saturated heterocycles. The van der Waals surface area contributed by atoms with Gasteiger partial charge >= 0.3 is 6.01 Å². The summed E-state index contributed by atoms with van der Waals surface area (Å²) < 4.78 is 5.36. The quantitative estimate of drug-likeness (QED) is 0.637. The van der Waals surface area contributed by atoms with Crippen molar-refractivity contribution in [1.29, 1.82) is 0 Å². The molecular weight excluding hydrogens is 140 g/mol. The van der Waals surface area contributed by atoms with Gasteiger partial charge < -0.3 is 4.74 Å². The van der Waals surface area contributed by atoms with Crippen LogP contribution in [0, 0.1) is 6.92 Å². The molecule has 3 heteroatoms. The fraction of sp³-hybridized carbons (Fsp3) is 0.500. The van der Waals surface area contributed by atoms with E-state index in [1.807, 2.05) is 6.92 Å². The van der Waals surface area contributed by atoms with Crippen LogP contribution in [-0.2, 0) is 0 Å². The molecule has 1 aliphatic carbocycles. The van der Waals surface area contributed by atoms with Gasteiger partial charge in [0.05, 0.1) is 0 Å². The van der Waals surface area contributed by atoms with Crippen LogP contribution in [0.3, 0.4) is 0 Å². The Bertz CT molecular complexity index is 241. The first kappa shape index (κ1) is 6.58. The number of hydrogen-bond acceptors (Lipinski definition) is 3. The van der Waals surface area contributed by atoms with E-state index in [0.29, 0.717) is 12.1 Å². The Kier molecular flexibility index (Phi) is 1.49. The van der Waals surface area contributed by atoms with Crippen molar-refractivity contribution in [2.24, 2.45) is 0 Å². The van der Waals surface area contributed by atoms with E-state index < -0.39 is 0 Å². The molecule has 1 heterocycles. The molecule has 1 aromatic heterocycles. The minimum atomic E-state index is 0.387. The first-order valence-electron chi connectivity index (χ1n) is 3.80. The summed E-state index contributed by atoms with van der Waals surface area (Å²) in [5.41, 5.74) is 1.06. The van der Waals surface area contributed by atoms with E-state index in [0.717, 1.165) is 18.4 Å². The average Bonchev–Trinajstić information content (AvgIpc) is 2.78. The largest absolute Gasteiger partial charge is 0.460 e. The third kappa shape index (κ3) is 1.67. The molecule has 1 saturated carbocycles. The zero-order chi connectivity index (χ0) is 7.68. The second kappa shape index (κ2) is 2.49. The van der Waals surface area contributed by atoms with Crippen LogP contribution in [-0.4, -0.2) is 16.1 Å². The number of aryl methyl sites for hydroxylation is 1. The van der Waals surface area contributed by atoms with Crippen molar-refractivity contribution in [3.63, 3.8) is 0 Å². The van der Waals surface area contributed by atoms with Gasteiger partial charge in [0.15, 0.2) is 0 Å². The third-order valence-corrected chi connectivity index (χ3v) is 1.55. The van der Waals surface area contributed by atoms with E-state index in [4.69, 9.17) is 4.74 Å². The normalized spacial score (nSPS) is 16.5. The van der Waals surface area contributed by atoms with Gasteiger partial charge in [0.1, 0.15) is 6.10 Å². The van der Waals surface area contributed by atoms with Crippen LogP contribution in [0.25, 0.3) is 0 Å². The van der Waals surface area contributed by atoms with E-state index >= 15 is 0 Å². The summed E-state index contributed by atoms with van der Waals surface area (Å²) in [6, 6.07) is 0.512. The number of nitrogens with zero attached hydrogens (tertiary/aromatic N) is 2. The molecular formula is C8H10N2O. The zero-order valence-electron chi connectivity index (χ0n) is 6.45. The van der Waals surface area contributed by atoms with E-state index in [1.54, 1.807) is 12.4 Å². The molecule has 0 amide bonds. The lowest BCUT2D eigenvalue weighted by molar-refractivity contribution is 0.278. The maximum Gasteiger partial charge on any atom is 0.316 e. The highest BCUT2D eigenvalue weighted by molar-refractivity contribution is 5.05. The molecule has 0 atom stereocenters. The lowest BCUT2D eigenvalue weighted by Crippen LogP contribution is -2.00. The smallest absolute Gasteiger partial charge is 0.316 e. The van der Waals surface area contributed by atoms with Crippen LogP contribution in [0.2, 0.25) is 0 Å². The van der Waals surface area contributed by atoms with Gasteiger partial charge in [-0.15, -0.1) is 0 Å². The Balaban J connectivity index is 2.06. The Morgan fingerprint density at radius 2 is 2.00 bits per heavy atom. The summed E-state index contributed by atoms with van der Waals surface area (Å²) in [6.07, 6.45) is 6.22. The maximum atomic E-state index is 5.36.